The number of hydrogen-bond acceptors (Lipinski definition) is 4. The molecule has 1 unspecified atom stereocenters. The molecule has 2 heterocycles. The number of likely N-dealkylation sites (tertiary alicyclic amines) is 1. The van der Waals surface area contributed by atoms with Crippen molar-refractivity contribution in [1.29, 1.82) is 0 Å². The van der Waals surface area contributed by atoms with Crippen molar-refractivity contribution in [3.05, 3.63) is 29.8 Å². The molecular weight excluding hydrogens is 282 g/mol. The lowest BCUT2D eigenvalue weighted by atomic mass is 10.1. The zero-order chi connectivity index (χ0) is 14.7. The lowest BCUT2D eigenvalue weighted by molar-refractivity contribution is -0.128. The van der Waals surface area contributed by atoms with Gasteiger partial charge in [0.2, 0.25) is 5.91 Å². The van der Waals surface area contributed by atoms with Crippen LogP contribution in [0.3, 0.4) is 0 Å². The van der Waals surface area contributed by atoms with Gasteiger partial charge in [-0.15, -0.1) is 11.8 Å². The van der Waals surface area contributed by atoms with Crippen LogP contribution in [-0.4, -0.2) is 54.7 Å². The second kappa shape index (κ2) is 6.81. The van der Waals surface area contributed by atoms with Gasteiger partial charge in [0.05, 0.1) is 6.54 Å². The highest BCUT2D eigenvalue weighted by molar-refractivity contribution is 7.98. The monoisotopic (exact) mass is 305 g/mol. The van der Waals surface area contributed by atoms with Crippen molar-refractivity contribution in [1.82, 2.24) is 15.1 Å². The number of hydrogen-bond donors (Lipinski definition) is 1. The highest BCUT2D eigenvalue weighted by Gasteiger charge is 2.31. The van der Waals surface area contributed by atoms with Crippen LogP contribution >= 0.6 is 11.8 Å². The van der Waals surface area contributed by atoms with Gasteiger partial charge in [-0.25, -0.2) is 0 Å². The van der Waals surface area contributed by atoms with Gasteiger partial charge < -0.3 is 9.80 Å². The first-order valence-corrected chi connectivity index (χ1v) is 8.89. The molecule has 0 aromatic heterocycles. The van der Waals surface area contributed by atoms with Gasteiger partial charge in [0.1, 0.15) is 6.17 Å². The fraction of sp³-hybridized carbons (Fsp3) is 0.562. The number of nitrogens with one attached hydrogen (secondary N) is 1. The summed E-state index contributed by atoms with van der Waals surface area (Å²) in [5, 5.41) is 3.34. The minimum absolute atomic E-state index is 0.0380. The standard InChI is InChI=1S/C16H23N3OS/c1-21-14-6-4-13(5-7-14)16-17-12-15(20)19(16)11-10-18-8-2-3-9-18/h4-7,16-17H,2-3,8-12H2,1H3. The van der Waals surface area contributed by atoms with Crippen molar-refractivity contribution in [3.8, 4) is 0 Å². The Bertz CT molecular complexity index is 485. The maximum absolute atomic E-state index is 12.1. The molecule has 114 valence electrons. The quantitative estimate of drug-likeness (QED) is 0.843. The number of benzene rings is 1. The molecule has 0 radical (unpaired) electrons. The summed E-state index contributed by atoms with van der Waals surface area (Å²) in [4.78, 5) is 17.8. The Kier molecular flexibility index (Phi) is 4.83. The Balaban J connectivity index is 1.65. The van der Waals surface area contributed by atoms with E-state index in [9.17, 15) is 4.79 Å². The summed E-state index contributed by atoms with van der Waals surface area (Å²) in [5.74, 6) is 0.216. The number of carbonyl (C=O) groups excluding carboxylic acids is 1. The molecule has 2 fully saturated rings. The van der Waals surface area contributed by atoms with Crippen LogP contribution in [0.5, 0.6) is 0 Å². The normalized spacial score (nSPS) is 23.2. The molecule has 2 saturated heterocycles. The number of thioether (sulfide) groups is 1. The molecule has 3 rings (SSSR count). The van der Waals surface area contributed by atoms with Gasteiger partial charge in [-0.3, -0.25) is 10.1 Å². The maximum atomic E-state index is 12.1. The van der Waals surface area contributed by atoms with Gasteiger partial charge in [-0.2, -0.15) is 0 Å². The molecule has 0 saturated carbocycles. The van der Waals surface area contributed by atoms with Crippen LogP contribution in [0, 0.1) is 0 Å². The van der Waals surface area contributed by atoms with Crippen LogP contribution in [0.15, 0.2) is 29.2 Å². The first kappa shape index (κ1) is 14.9. The third kappa shape index (κ3) is 3.42. The van der Waals surface area contributed by atoms with Gasteiger partial charge >= 0.3 is 0 Å². The molecule has 2 aliphatic heterocycles. The zero-order valence-corrected chi connectivity index (χ0v) is 13.4. The van der Waals surface area contributed by atoms with Crippen LogP contribution in [0.25, 0.3) is 0 Å². The Hall–Kier alpha value is -1.04. The molecule has 2 aliphatic rings. The predicted molar refractivity (Wildman–Crippen MR) is 86.4 cm³/mol. The second-order valence-corrected chi connectivity index (χ2v) is 6.57. The smallest absolute Gasteiger partial charge is 0.238 e. The molecule has 1 N–H and O–H groups in total. The first-order chi connectivity index (χ1) is 10.3. The van der Waals surface area contributed by atoms with Gasteiger partial charge in [0.15, 0.2) is 0 Å². The fourth-order valence-corrected chi connectivity index (χ4v) is 3.54. The molecule has 0 aliphatic carbocycles. The zero-order valence-electron chi connectivity index (χ0n) is 12.5. The number of rotatable bonds is 5. The highest BCUT2D eigenvalue weighted by Crippen LogP contribution is 2.24. The topological polar surface area (TPSA) is 35.6 Å². The lowest BCUT2D eigenvalue weighted by Crippen LogP contribution is -2.37. The summed E-state index contributed by atoms with van der Waals surface area (Å²) in [6.07, 6.45) is 4.71. The molecule has 1 aromatic carbocycles. The highest BCUT2D eigenvalue weighted by atomic mass is 32.2. The van der Waals surface area contributed by atoms with Crippen molar-refractivity contribution in [2.24, 2.45) is 0 Å². The molecule has 0 bridgehead atoms. The molecule has 4 nitrogen and oxygen atoms in total. The van der Waals surface area contributed by atoms with Crippen LogP contribution < -0.4 is 5.32 Å². The minimum Gasteiger partial charge on any atom is -0.321 e. The summed E-state index contributed by atoms with van der Waals surface area (Å²) in [6.45, 7) is 4.63. The van der Waals surface area contributed by atoms with E-state index < -0.39 is 0 Å². The average Bonchev–Trinajstić information content (AvgIpc) is 3.15. The molecule has 0 spiro atoms. The molecule has 1 atom stereocenters. The van der Waals surface area contributed by atoms with Crippen LogP contribution in [0.2, 0.25) is 0 Å². The van der Waals surface area contributed by atoms with E-state index in [-0.39, 0.29) is 12.1 Å². The summed E-state index contributed by atoms with van der Waals surface area (Å²) in [5.41, 5.74) is 1.18. The largest absolute Gasteiger partial charge is 0.321 e. The van der Waals surface area contributed by atoms with Crippen molar-refractivity contribution in [3.63, 3.8) is 0 Å². The van der Waals surface area contributed by atoms with E-state index in [1.165, 1.54) is 36.4 Å². The summed E-state index contributed by atoms with van der Waals surface area (Å²) in [6, 6.07) is 8.52. The third-order valence-electron chi connectivity index (χ3n) is 4.37. The third-order valence-corrected chi connectivity index (χ3v) is 5.11. The van der Waals surface area contributed by atoms with E-state index in [1.54, 1.807) is 11.8 Å². The van der Waals surface area contributed by atoms with E-state index >= 15 is 0 Å². The number of amides is 1. The van der Waals surface area contributed by atoms with Crippen LogP contribution in [-0.2, 0) is 4.79 Å². The van der Waals surface area contributed by atoms with Gasteiger partial charge in [-0.05, 0) is 49.9 Å². The van der Waals surface area contributed by atoms with E-state index in [4.69, 9.17) is 0 Å². The first-order valence-electron chi connectivity index (χ1n) is 7.67. The summed E-state index contributed by atoms with van der Waals surface area (Å²) >= 11 is 1.74. The van der Waals surface area contributed by atoms with Gasteiger partial charge in [0, 0.05) is 18.0 Å². The summed E-state index contributed by atoms with van der Waals surface area (Å²) < 4.78 is 0. The van der Waals surface area contributed by atoms with E-state index in [0.29, 0.717) is 6.54 Å². The Labute approximate surface area is 130 Å². The molecule has 1 aromatic rings. The fourth-order valence-electron chi connectivity index (χ4n) is 3.13. The lowest BCUT2D eigenvalue weighted by Gasteiger charge is -2.27. The second-order valence-electron chi connectivity index (χ2n) is 5.69. The SMILES string of the molecule is CSc1ccc(C2NCC(=O)N2CCN2CCCC2)cc1. The van der Waals surface area contributed by atoms with Gasteiger partial charge in [0.25, 0.3) is 0 Å². The van der Waals surface area contributed by atoms with Crippen molar-refractivity contribution >= 4 is 17.7 Å². The van der Waals surface area contributed by atoms with E-state index in [0.717, 1.165) is 13.1 Å². The average molecular weight is 305 g/mol. The van der Waals surface area contributed by atoms with E-state index in [2.05, 4.69) is 40.7 Å². The van der Waals surface area contributed by atoms with Gasteiger partial charge in [-0.1, -0.05) is 12.1 Å². The van der Waals surface area contributed by atoms with Crippen molar-refractivity contribution in [2.75, 3.05) is 39.0 Å². The van der Waals surface area contributed by atoms with Crippen LogP contribution in [0.4, 0.5) is 0 Å². The Morgan fingerprint density at radius 3 is 2.57 bits per heavy atom. The summed E-state index contributed by atoms with van der Waals surface area (Å²) in [7, 11) is 0. The Morgan fingerprint density at radius 2 is 1.90 bits per heavy atom. The minimum atomic E-state index is 0.0380. The number of nitrogens with zero attached hydrogens (tertiary/aromatic N) is 2. The number of carbonyl (C=O) groups is 1. The maximum Gasteiger partial charge on any atom is 0.238 e. The van der Waals surface area contributed by atoms with E-state index in [1.807, 2.05) is 4.90 Å². The Morgan fingerprint density at radius 1 is 1.19 bits per heavy atom. The van der Waals surface area contributed by atoms with Crippen molar-refractivity contribution < 1.29 is 4.79 Å². The molecule has 5 heteroatoms. The molecular formula is C16H23N3OS. The molecule has 1 amide bonds. The van der Waals surface area contributed by atoms with Crippen LogP contribution in [0.1, 0.15) is 24.6 Å². The van der Waals surface area contributed by atoms with Crippen molar-refractivity contribution in [2.45, 2.75) is 23.9 Å². The predicted octanol–water partition coefficient (Wildman–Crippen LogP) is 1.93. The molecule has 21 heavy (non-hydrogen) atoms.